The molecule has 0 fully saturated rings. The number of aryl methyl sites for hydroxylation is 2. The van der Waals surface area contributed by atoms with E-state index in [2.05, 4.69) is 15.0 Å². The Morgan fingerprint density at radius 2 is 1.96 bits per heavy atom. The fourth-order valence-electron chi connectivity index (χ4n) is 2.19. The van der Waals surface area contributed by atoms with Crippen LogP contribution < -0.4 is 10.1 Å². The standard InChI is InChI=1S/C17H15ClF2N2O4/c1-9-7-10(2)21-15(18)14(9)16(24)25-8-13(23)22-11-5-3-4-6-12(11)26-17(19)20/h3-7,17H,8H2,1-2H3,(H,22,23). The first-order valence-corrected chi connectivity index (χ1v) is 7.80. The molecule has 1 N–H and O–H groups in total. The van der Waals surface area contributed by atoms with Gasteiger partial charge in [0, 0.05) is 5.69 Å². The first-order chi connectivity index (χ1) is 12.3. The van der Waals surface area contributed by atoms with E-state index in [4.69, 9.17) is 16.3 Å². The van der Waals surface area contributed by atoms with Crippen molar-refractivity contribution >= 4 is 29.2 Å². The molecule has 0 aliphatic carbocycles. The SMILES string of the molecule is Cc1cc(C)c(C(=O)OCC(=O)Nc2ccccc2OC(F)F)c(Cl)n1. The van der Waals surface area contributed by atoms with Crippen LogP contribution in [0.25, 0.3) is 0 Å². The Kier molecular flexibility index (Phi) is 6.46. The first kappa shape index (κ1) is 19.6. The van der Waals surface area contributed by atoms with Crippen LogP contribution in [0.2, 0.25) is 5.15 Å². The number of aromatic nitrogens is 1. The van der Waals surface area contributed by atoms with Crippen LogP contribution in [0, 0.1) is 13.8 Å². The van der Waals surface area contributed by atoms with E-state index < -0.39 is 25.1 Å². The Labute approximate surface area is 153 Å². The van der Waals surface area contributed by atoms with Gasteiger partial charge in [0.15, 0.2) is 6.61 Å². The average molecular weight is 385 g/mol. The Hall–Kier alpha value is -2.74. The smallest absolute Gasteiger partial charge is 0.387 e. The number of carbonyl (C=O) groups excluding carboxylic acids is 2. The summed E-state index contributed by atoms with van der Waals surface area (Å²) in [5.74, 6) is -1.74. The molecule has 0 aliphatic rings. The maximum Gasteiger partial charge on any atom is 0.387 e. The van der Waals surface area contributed by atoms with Crippen molar-refractivity contribution < 1.29 is 27.8 Å². The molecule has 0 atom stereocenters. The quantitative estimate of drug-likeness (QED) is 0.606. The lowest BCUT2D eigenvalue weighted by atomic mass is 10.1. The van der Waals surface area contributed by atoms with Crippen molar-refractivity contribution in [3.63, 3.8) is 0 Å². The highest BCUT2D eigenvalue weighted by Gasteiger charge is 2.19. The number of carbonyl (C=O) groups is 2. The second-order valence-corrected chi connectivity index (χ2v) is 5.60. The number of nitrogens with one attached hydrogen (secondary N) is 1. The summed E-state index contributed by atoms with van der Waals surface area (Å²) in [5, 5.41) is 2.31. The number of alkyl halides is 2. The fraction of sp³-hybridized carbons (Fsp3) is 0.235. The molecule has 6 nitrogen and oxygen atoms in total. The predicted molar refractivity (Wildman–Crippen MR) is 90.7 cm³/mol. The Bertz CT molecular complexity index is 807. The highest BCUT2D eigenvalue weighted by atomic mass is 35.5. The second-order valence-electron chi connectivity index (χ2n) is 5.25. The van der Waals surface area contributed by atoms with Crippen molar-refractivity contribution in [2.75, 3.05) is 11.9 Å². The maximum absolute atomic E-state index is 12.4. The summed E-state index contributed by atoms with van der Waals surface area (Å²) in [7, 11) is 0. The number of esters is 1. The molecule has 0 bridgehead atoms. The van der Waals surface area contributed by atoms with Crippen LogP contribution in [0.4, 0.5) is 14.5 Å². The number of rotatable bonds is 6. The van der Waals surface area contributed by atoms with Gasteiger partial charge in [-0.1, -0.05) is 23.7 Å². The van der Waals surface area contributed by atoms with Crippen LogP contribution in [-0.4, -0.2) is 30.1 Å². The predicted octanol–water partition coefficient (Wildman–Crippen LogP) is 3.75. The highest BCUT2D eigenvalue weighted by molar-refractivity contribution is 6.32. The van der Waals surface area contributed by atoms with Crippen LogP contribution in [0.15, 0.2) is 30.3 Å². The summed E-state index contributed by atoms with van der Waals surface area (Å²) in [5.41, 5.74) is 1.28. The summed E-state index contributed by atoms with van der Waals surface area (Å²) >= 11 is 5.94. The third-order valence-corrected chi connectivity index (χ3v) is 3.49. The van der Waals surface area contributed by atoms with Gasteiger partial charge >= 0.3 is 12.6 Å². The summed E-state index contributed by atoms with van der Waals surface area (Å²) in [6.45, 7) is -0.286. The van der Waals surface area contributed by atoms with Gasteiger partial charge in [-0.25, -0.2) is 9.78 Å². The third-order valence-electron chi connectivity index (χ3n) is 3.22. The van der Waals surface area contributed by atoms with Gasteiger partial charge in [-0.05, 0) is 37.6 Å². The number of benzene rings is 1. The van der Waals surface area contributed by atoms with E-state index in [1.54, 1.807) is 19.9 Å². The number of pyridine rings is 1. The lowest BCUT2D eigenvalue weighted by Crippen LogP contribution is -2.22. The minimum Gasteiger partial charge on any atom is -0.452 e. The number of para-hydroxylation sites is 2. The van der Waals surface area contributed by atoms with Crippen molar-refractivity contribution in [2.24, 2.45) is 0 Å². The van der Waals surface area contributed by atoms with E-state index in [1.807, 2.05) is 0 Å². The van der Waals surface area contributed by atoms with E-state index in [9.17, 15) is 18.4 Å². The van der Waals surface area contributed by atoms with Gasteiger partial charge in [-0.2, -0.15) is 8.78 Å². The van der Waals surface area contributed by atoms with Gasteiger partial charge in [0.2, 0.25) is 0 Å². The topological polar surface area (TPSA) is 77.5 Å². The van der Waals surface area contributed by atoms with Gasteiger partial charge < -0.3 is 14.8 Å². The van der Waals surface area contributed by atoms with Crippen molar-refractivity contribution in [3.8, 4) is 5.75 Å². The number of hydrogen-bond acceptors (Lipinski definition) is 5. The Morgan fingerprint density at radius 1 is 1.27 bits per heavy atom. The van der Waals surface area contributed by atoms with E-state index in [0.29, 0.717) is 11.3 Å². The lowest BCUT2D eigenvalue weighted by Gasteiger charge is -2.12. The van der Waals surface area contributed by atoms with E-state index in [-0.39, 0.29) is 22.2 Å². The number of nitrogens with zero attached hydrogens (tertiary/aromatic N) is 1. The van der Waals surface area contributed by atoms with Crippen LogP contribution >= 0.6 is 11.6 Å². The molecule has 0 aliphatic heterocycles. The number of anilines is 1. The molecule has 138 valence electrons. The summed E-state index contributed by atoms with van der Waals surface area (Å²) in [4.78, 5) is 28.0. The summed E-state index contributed by atoms with van der Waals surface area (Å²) in [6.07, 6.45) is 0. The molecular weight excluding hydrogens is 370 g/mol. The Balaban J connectivity index is 2.01. The molecule has 1 aromatic heterocycles. The molecule has 2 rings (SSSR count). The molecule has 2 aromatic rings. The lowest BCUT2D eigenvalue weighted by molar-refractivity contribution is -0.119. The minimum absolute atomic E-state index is 0.0245. The van der Waals surface area contributed by atoms with Crippen LogP contribution in [0.3, 0.4) is 0 Å². The van der Waals surface area contributed by atoms with E-state index in [0.717, 1.165) is 0 Å². The van der Waals surface area contributed by atoms with Crippen molar-refractivity contribution in [1.82, 2.24) is 4.98 Å². The van der Waals surface area contributed by atoms with E-state index in [1.165, 1.54) is 24.3 Å². The zero-order chi connectivity index (χ0) is 19.3. The largest absolute Gasteiger partial charge is 0.452 e. The third kappa shape index (κ3) is 5.13. The molecule has 1 heterocycles. The number of halogens is 3. The summed E-state index contributed by atoms with van der Waals surface area (Å²) < 4.78 is 33.9. The number of ether oxygens (including phenoxy) is 2. The zero-order valence-electron chi connectivity index (χ0n) is 13.9. The van der Waals surface area contributed by atoms with Crippen molar-refractivity contribution in [3.05, 3.63) is 52.3 Å². The maximum atomic E-state index is 12.4. The summed E-state index contributed by atoms with van der Waals surface area (Å²) in [6, 6.07) is 7.31. The van der Waals surface area contributed by atoms with Gasteiger partial charge in [-0.3, -0.25) is 4.79 Å². The van der Waals surface area contributed by atoms with Gasteiger partial charge in [-0.15, -0.1) is 0 Å². The molecule has 1 amide bonds. The second kappa shape index (κ2) is 8.57. The zero-order valence-corrected chi connectivity index (χ0v) is 14.6. The van der Waals surface area contributed by atoms with Gasteiger partial charge in [0.25, 0.3) is 5.91 Å². The van der Waals surface area contributed by atoms with E-state index >= 15 is 0 Å². The molecule has 0 saturated carbocycles. The fourth-order valence-corrected chi connectivity index (χ4v) is 2.55. The number of amides is 1. The molecule has 0 saturated heterocycles. The Morgan fingerprint density at radius 3 is 2.62 bits per heavy atom. The first-order valence-electron chi connectivity index (χ1n) is 7.42. The van der Waals surface area contributed by atoms with Crippen molar-refractivity contribution in [1.29, 1.82) is 0 Å². The minimum atomic E-state index is -3.04. The molecule has 0 unspecified atom stereocenters. The molecule has 26 heavy (non-hydrogen) atoms. The van der Waals surface area contributed by atoms with Crippen molar-refractivity contribution in [2.45, 2.75) is 20.5 Å². The molecule has 0 radical (unpaired) electrons. The molecule has 0 spiro atoms. The monoisotopic (exact) mass is 384 g/mol. The molecular formula is C17H15ClF2N2O4. The number of hydrogen-bond donors (Lipinski definition) is 1. The van der Waals surface area contributed by atoms with Gasteiger partial charge in [0.05, 0.1) is 11.3 Å². The van der Waals surface area contributed by atoms with Crippen LogP contribution in [-0.2, 0) is 9.53 Å². The van der Waals surface area contributed by atoms with Crippen LogP contribution in [0.1, 0.15) is 21.6 Å². The van der Waals surface area contributed by atoms with Gasteiger partial charge in [0.1, 0.15) is 10.9 Å². The normalized spacial score (nSPS) is 10.5. The molecule has 9 heteroatoms. The molecule has 1 aromatic carbocycles. The van der Waals surface area contributed by atoms with Crippen LogP contribution in [0.5, 0.6) is 5.75 Å². The average Bonchev–Trinajstić information content (AvgIpc) is 2.53. The highest BCUT2D eigenvalue weighted by Crippen LogP contribution is 2.25.